The van der Waals surface area contributed by atoms with Crippen LogP contribution >= 0.6 is 11.8 Å². The number of benzene rings is 1. The Morgan fingerprint density at radius 1 is 1.44 bits per heavy atom. The van der Waals surface area contributed by atoms with E-state index < -0.39 is 0 Å². The zero-order valence-electron chi connectivity index (χ0n) is 10.1. The van der Waals surface area contributed by atoms with E-state index >= 15 is 0 Å². The molecule has 0 saturated carbocycles. The summed E-state index contributed by atoms with van der Waals surface area (Å²) < 4.78 is 5.19. The topological polar surface area (TPSA) is 35.2 Å². The number of rotatable bonds is 7. The van der Waals surface area contributed by atoms with Gasteiger partial charge in [0.25, 0.3) is 0 Å². The van der Waals surface area contributed by atoms with Crippen molar-refractivity contribution in [3.63, 3.8) is 0 Å². The third-order valence-corrected chi connectivity index (χ3v) is 3.67. The van der Waals surface area contributed by atoms with Crippen molar-refractivity contribution in [1.82, 2.24) is 0 Å². The van der Waals surface area contributed by atoms with Gasteiger partial charge in [-0.2, -0.15) is 11.8 Å². The van der Waals surface area contributed by atoms with Crippen LogP contribution in [0.3, 0.4) is 0 Å². The van der Waals surface area contributed by atoms with Crippen LogP contribution in [0.15, 0.2) is 24.3 Å². The van der Waals surface area contributed by atoms with Crippen molar-refractivity contribution < 1.29 is 4.74 Å². The molecule has 16 heavy (non-hydrogen) atoms. The molecule has 1 unspecified atom stereocenters. The predicted molar refractivity (Wildman–Crippen MR) is 72.3 cm³/mol. The number of methoxy groups -OCH3 is 1. The molecular weight excluding hydrogens is 218 g/mol. The number of hydrogen-bond acceptors (Lipinski definition) is 3. The molecule has 0 aliphatic rings. The Hall–Kier alpha value is -0.670. The normalized spacial score (nSPS) is 12.4. The Morgan fingerprint density at radius 3 is 2.94 bits per heavy atom. The Bertz CT molecular complexity index is 304. The highest BCUT2D eigenvalue weighted by molar-refractivity contribution is 7.99. The Morgan fingerprint density at radius 2 is 2.25 bits per heavy atom. The summed E-state index contributed by atoms with van der Waals surface area (Å²) >= 11 is 1.93. The average Bonchev–Trinajstić information content (AvgIpc) is 2.29. The quantitative estimate of drug-likeness (QED) is 0.743. The maximum atomic E-state index is 6.08. The average molecular weight is 239 g/mol. The molecule has 3 heteroatoms. The summed E-state index contributed by atoms with van der Waals surface area (Å²) in [6, 6.07) is 8.38. The number of thioether (sulfide) groups is 1. The predicted octanol–water partition coefficient (Wildman–Crippen LogP) is 2.71. The second kappa shape index (κ2) is 7.58. The van der Waals surface area contributed by atoms with Crippen molar-refractivity contribution in [3.8, 4) is 5.75 Å². The first-order chi connectivity index (χ1) is 7.76. The molecule has 2 N–H and O–H groups in total. The lowest BCUT2D eigenvalue weighted by Gasteiger charge is -2.11. The van der Waals surface area contributed by atoms with Crippen molar-refractivity contribution >= 4 is 11.8 Å². The number of ether oxygens (including phenoxy) is 1. The van der Waals surface area contributed by atoms with E-state index in [9.17, 15) is 0 Å². The lowest BCUT2D eigenvalue weighted by atomic mass is 10.1. The molecule has 0 radical (unpaired) electrons. The van der Waals surface area contributed by atoms with Crippen LogP contribution in [0.2, 0.25) is 0 Å². The number of hydrogen-bond donors (Lipinski definition) is 1. The van der Waals surface area contributed by atoms with Crippen molar-refractivity contribution in [2.45, 2.75) is 25.8 Å². The van der Waals surface area contributed by atoms with Crippen molar-refractivity contribution in [3.05, 3.63) is 29.8 Å². The second-order valence-corrected chi connectivity index (χ2v) is 5.04. The second-order valence-electron chi connectivity index (χ2n) is 3.89. The fourth-order valence-electron chi connectivity index (χ4n) is 1.54. The lowest BCUT2D eigenvalue weighted by molar-refractivity contribution is 0.414. The summed E-state index contributed by atoms with van der Waals surface area (Å²) in [5, 5.41) is 0. The van der Waals surface area contributed by atoms with Crippen LogP contribution in [0.4, 0.5) is 0 Å². The molecule has 0 aliphatic carbocycles. The Balaban J connectivity index is 2.39. The van der Waals surface area contributed by atoms with Crippen molar-refractivity contribution in [1.29, 1.82) is 0 Å². The maximum absolute atomic E-state index is 6.08. The summed E-state index contributed by atoms with van der Waals surface area (Å²) in [6.45, 7) is 2.20. The maximum Gasteiger partial charge on any atom is 0.119 e. The van der Waals surface area contributed by atoms with Crippen molar-refractivity contribution in [2.75, 3.05) is 18.6 Å². The van der Waals surface area contributed by atoms with Crippen LogP contribution in [0.25, 0.3) is 0 Å². The van der Waals surface area contributed by atoms with Crippen LogP contribution in [0.1, 0.15) is 18.9 Å². The van der Waals surface area contributed by atoms with Gasteiger partial charge < -0.3 is 10.5 Å². The summed E-state index contributed by atoms with van der Waals surface area (Å²) in [5.41, 5.74) is 7.33. The van der Waals surface area contributed by atoms with Gasteiger partial charge in [-0.3, -0.25) is 0 Å². The Kier molecular flexibility index (Phi) is 6.34. The standard InChI is InChI=1S/C13H21NOS/c1-3-7-16-10-12(14)8-11-5-4-6-13(9-11)15-2/h4-6,9,12H,3,7-8,10,14H2,1-2H3. The SMILES string of the molecule is CCCSCC(N)Cc1cccc(OC)c1. The summed E-state index contributed by atoms with van der Waals surface area (Å²) in [4.78, 5) is 0. The molecule has 1 atom stereocenters. The van der Waals surface area contributed by atoms with E-state index in [-0.39, 0.29) is 6.04 Å². The van der Waals surface area contributed by atoms with Crippen LogP contribution in [0.5, 0.6) is 5.75 Å². The summed E-state index contributed by atoms with van der Waals surface area (Å²) in [7, 11) is 1.69. The minimum Gasteiger partial charge on any atom is -0.497 e. The van der Waals surface area contributed by atoms with E-state index in [4.69, 9.17) is 10.5 Å². The van der Waals surface area contributed by atoms with E-state index in [0.29, 0.717) is 0 Å². The first-order valence-corrected chi connectivity index (χ1v) is 6.88. The fourth-order valence-corrected chi connectivity index (χ4v) is 2.42. The minimum atomic E-state index is 0.239. The Labute approximate surface area is 103 Å². The third kappa shape index (κ3) is 4.90. The molecule has 0 bridgehead atoms. The molecule has 2 nitrogen and oxygen atoms in total. The van der Waals surface area contributed by atoms with Gasteiger partial charge >= 0.3 is 0 Å². The fraction of sp³-hybridized carbons (Fsp3) is 0.538. The van der Waals surface area contributed by atoms with Gasteiger partial charge in [0.15, 0.2) is 0 Å². The smallest absolute Gasteiger partial charge is 0.119 e. The molecule has 0 heterocycles. The highest BCUT2D eigenvalue weighted by atomic mass is 32.2. The molecular formula is C13H21NOS. The number of nitrogens with two attached hydrogens (primary N) is 1. The highest BCUT2D eigenvalue weighted by Crippen LogP contribution is 2.15. The molecule has 0 amide bonds. The zero-order valence-corrected chi connectivity index (χ0v) is 10.9. The molecule has 0 aliphatic heterocycles. The molecule has 0 fully saturated rings. The largest absolute Gasteiger partial charge is 0.497 e. The molecule has 0 spiro atoms. The summed E-state index contributed by atoms with van der Waals surface area (Å²) in [5.74, 6) is 3.14. The van der Waals surface area contributed by atoms with Gasteiger partial charge in [-0.05, 0) is 36.3 Å². The molecule has 0 aromatic heterocycles. The van der Waals surface area contributed by atoms with Crippen LogP contribution < -0.4 is 10.5 Å². The van der Waals surface area contributed by atoms with E-state index in [1.807, 2.05) is 23.9 Å². The molecule has 1 rings (SSSR count). The third-order valence-electron chi connectivity index (χ3n) is 2.31. The minimum absolute atomic E-state index is 0.239. The van der Waals surface area contributed by atoms with Crippen molar-refractivity contribution in [2.24, 2.45) is 5.73 Å². The molecule has 0 saturated heterocycles. The first-order valence-electron chi connectivity index (χ1n) is 5.72. The first kappa shape index (κ1) is 13.4. The van der Waals surface area contributed by atoms with Gasteiger partial charge in [-0.25, -0.2) is 0 Å². The molecule has 1 aromatic rings. The molecule has 90 valence electrons. The van der Waals surface area contributed by atoms with Crippen LogP contribution in [-0.2, 0) is 6.42 Å². The summed E-state index contributed by atoms with van der Waals surface area (Å²) in [6.07, 6.45) is 2.14. The van der Waals surface area contributed by atoms with Gasteiger partial charge in [-0.1, -0.05) is 19.1 Å². The highest BCUT2D eigenvalue weighted by Gasteiger charge is 2.04. The van der Waals surface area contributed by atoms with Gasteiger partial charge in [-0.15, -0.1) is 0 Å². The van der Waals surface area contributed by atoms with E-state index in [1.54, 1.807) is 7.11 Å². The zero-order chi connectivity index (χ0) is 11.8. The molecule has 1 aromatic carbocycles. The van der Waals surface area contributed by atoms with Gasteiger partial charge in [0.1, 0.15) is 5.75 Å². The van der Waals surface area contributed by atoms with Crippen LogP contribution in [-0.4, -0.2) is 24.7 Å². The van der Waals surface area contributed by atoms with E-state index in [0.717, 1.165) is 17.9 Å². The van der Waals surface area contributed by atoms with E-state index in [2.05, 4.69) is 19.1 Å². The van der Waals surface area contributed by atoms with Gasteiger partial charge in [0.05, 0.1) is 7.11 Å². The van der Waals surface area contributed by atoms with E-state index in [1.165, 1.54) is 17.7 Å². The van der Waals surface area contributed by atoms with Crippen LogP contribution in [0, 0.1) is 0 Å². The monoisotopic (exact) mass is 239 g/mol. The lowest BCUT2D eigenvalue weighted by Crippen LogP contribution is -2.25. The van der Waals surface area contributed by atoms with Gasteiger partial charge in [0, 0.05) is 11.8 Å². The van der Waals surface area contributed by atoms with Gasteiger partial charge in [0.2, 0.25) is 0 Å².